The van der Waals surface area contributed by atoms with Crippen LogP contribution in [-0.2, 0) is 18.8 Å². The quantitative estimate of drug-likeness (QED) is 0.444. The van der Waals surface area contributed by atoms with Crippen molar-refractivity contribution in [3.05, 3.63) is 77.9 Å². The lowest BCUT2D eigenvalue weighted by Gasteiger charge is -2.16. The summed E-state index contributed by atoms with van der Waals surface area (Å²) >= 11 is 0. The van der Waals surface area contributed by atoms with Crippen LogP contribution in [0.4, 0.5) is 26.3 Å². The Morgan fingerprint density at radius 1 is 0.833 bits per heavy atom. The standard InChI is InChI=1S/C16H13BF6.C5H8N2/c1-2-17(13-7-3-5-11(9-13)15(18,19)20)14-8-4-6-12(10-14)16(21,22)23;1-2-5-3-6-4-7-5/h3-10H,2H2,1H3;3-4H,2H2,1H3,(H,6,7). The third kappa shape index (κ3) is 6.40. The Morgan fingerprint density at radius 3 is 1.63 bits per heavy atom. The number of nitrogens with one attached hydrogen (secondary N) is 1. The van der Waals surface area contributed by atoms with Crippen LogP contribution in [0.5, 0.6) is 0 Å². The molecule has 0 aliphatic rings. The number of benzene rings is 2. The first kappa shape index (κ1) is 23.6. The Bertz CT molecular complexity index is 862. The minimum Gasteiger partial charge on any atom is -0.349 e. The van der Waals surface area contributed by atoms with Gasteiger partial charge in [0.25, 0.3) is 0 Å². The SMILES string of the molecule is CCB(c1cccc(C(F)(F)F)c1)c1cccc(C(F)(F)F)c1.CCc1cnc[nH]1. The zero-order chi connectivity index (χ0) is 22.4. The Labute approximate surface area is 171 Å². The lowest BCUT2D eigenvalue weighted by atomic mass is 9.39. The van der Waals surface area contributed by atoms with E-state index in [0.717, 1.165) is 30.7 Å². The molecule has 0 spiro atoms. The monoisotopic (exact) mass is 426 g/mol. The lowest BCUT2D eigenvalue weighted by Crippen LogP contribution is -2.42. The van der Waals surface area contributed by atoms with E-state index >= 15 is 0 Å². The molecule has 1 aromatic heterocycles. The van der Waals surface area contributed by atoms with Gasteiger partial charge in [-0.1, -0.05) is 79.6 Å². The highest BCUT2D eigenvalue weighted by atomic mass is 19.4. The molecule has 2 aromatic carbocycles. The van der Waals surface area contributed by atoms with Gasteiger partial charge in [-0.25, -0.2) is 4.98 Å². The van der Waals surface area contributed by atoms with Crippen molar-refractivity contribution in [1.29, 1.82) is 0 Å². The highest BCUT2D eigenvalue weighted by Gasteiger charge is 2.33. The molecule has 3 aromatic rings. The summed E-state index contributed by atoms with van der Waals surface area (Å²) in [6.45, 7) is 3.29. The van der Waals surface area contributed by atoms with Gasteiger partial charge in [0.2, 0.25) is 6.71 Å². The van der Waals surface area contributed by atoms with Gasteiger partial charge in [-0.15, -0.1) is 0 Å². The summed E-state index contributed by atoms with van der Waals surface area (Å²) < 4.78 is 76.9. The van der Waals surface area contributed by atoms with E-state index in [2.05, 4.69) is 16.9 Å². The zero-order valence-electron chi connectivity index (χ0n) is 16.5. The summed E-state index contributed by atoms with van der Waals surface area (Å²) in [7, 11) is 0. The molecule has 0 radical (unpaired) electrons. The molecular formula is C21H21BF6N2. The van der Waals surface area contributed by atoms with E-state index in [1.54, 1.807) is 13.3 Å². The van der Waals surface area contributed by atoms with E-state index in [4.69, 9.17) is 0 Å². The Kier molecular flexibility index (Phi) is 7.75. The number of hydrogen-bond donors (Lipinski definition) is 1. The van der Waals surface area contributed by atoms with Crippen molar-refractivity contribution in [1.82, 2.24) is 9.97 Å². The average molecular weight is 426 g/mol. The number of aryl methyl sites for hydroxylation is 1. The molecule has 2 nitrogen and oxygen atoms in total. The third-order valence-corrected chi connectivity index (χ3v) is 4.58. The molecule has 160 valence electrons. The molecule has 30 heavy (non-hydrogen) atoms. The number of imidazole rings is 1. The maximum atomic E-state index is 12.8. The molecule has 0 aliphatic heterocycles. The average Bonchev–Trinajstić information content (AvgIpc) is 3.22. The second kappa shape index (κ2) is 9.87. The van der Waals surface area contributed by atoms with Gasteiger partial charge in [0.15, 0.2) is 0 Å². The van der Waals surface area contributed by atoms with Crippen LogP contribution in [0.25, 0.3) is 0 Å². The summed E-state index contributed by atoms with van der Waals surface area (Å²) in [5, 5.41) is 0. The molecule has 0 bridgehead atoms. The van der Waals surface area contributed by atoms with Crippen molar-refractivity contribution >= 4 is 17.6 Å². The Morgan fingerprint density at radius 2 is 1.33 bits per heavy atom. The van der Waals surface area contributed by atoms with E-state index in [-0.39, 0.29) is 0 Å². The largest absolute Gasteiger partial charge is 0.416 e. The van der Waals surface area contributed by atoms with Gasteiger partial charge in [0.1, 0.15) is 0 Å². The van der Waals surface area contributed by atoms with Gasteiger partial charge in [-0.2, -0.15) is 26.3 Å². The second-order valence-electron chi connectivity index (χ2n) is 6.64. The molecule has 3 rings (SSSR count). The fraction of sp³-hybridized carbons (Fsp3) is 0.286. The van der Waals surface area contributed by atoms with Crippen molar-refractivity contribution in [3.8, 4) is 0 Å². The Balaban J connectivity index is 0.000000386. The number of nitrogens with zero attached hydrogens (tertiary/aromatic N) is 1. The second-order valence-corrected chi connectivity index (χ2v) is 6.64. The zero-order valence-corrected chi connectivity index (χ0v) is 16.5. The number of alkyl halides is 6. The molecule has 0 fully saturated rings. The summed E-state index contributed by atoms with van der Waals surface area (Å²) in [4.78, 5) is 6.81. The molecular weight excluding hydrogens is 405 g/mol. The Hall–Kier alpha value is -2.71. The number of aromatic amines is 1. The van der Waals surface area contributed by atoms with Crippen molar-refractivity contribution in [2.24, 2.45) is 0 Å². The molecule has 0 saturated heterocycles. The lowest BCUT2D eigenvalue weighted by molar-refractivity contribution is -0.138. The molecule has 0 saturated carbocycles. The van der Waals surface area contributed by atoms with Crippen molar-refractivity contribution in [3.63, 3.8) is 0 Å². The fourth-order valence-corrected chi connectivity index (χ4v) is 3.01. The van der Waals surface area contributed by atoms with Crippen molar-refractivity contribution in [2.75, 3.05) is 0 Å². The van der Waals surface area contributed by atoms with Gasteiger partial charge in [-0.3, -0.25) is 0 Å². The van der Waals surface area contributed by atoms with Crippen LogP contribution in [0.15, 0.2) is 61.1 Å². The smallest absolute Gasteiger partial charge is 0.349 e. The van der Waals surface area contributed by atoms with E-state index in [1.807, 2.05) is 6.20 Å². The maximum Gasteiger partial charge on any atom is 0.416 e. The van der Waals surface area contributed by atoms with Crippen molar-refractivity contribution < 1.29 is 26.3 Å². The number of hydrogen-bond acceptors (Lipinski definition) is 1. The number of halogens is 6. The summed E-state index contributed by atoms with van der Waals surface area (Å²) in [6.07, 6.45) is -4.01. The minimum atomic E-state index is -4.48. The highest BCUT2D eigenvalue weighted by molar-refractivity contribution is 6.85. The number of aromatic nitrogens is 2. The van der Waals surface area contributed by atoms with E-state index in [1.165, 1.54) is 30.0 Å². The van der Waals surface area contributed by atoms with E-state index < -0.39 is 30.2 Å². The predicted molar refractivity (Wildman–Crippen MR) is 106 cm³/mol. The minimum absolute atomic E-state index is 0.349. The van der Waals surface area contributed by atoms with Gasteiger partial charge in [-0.05, 0) is 6.42 Å². The molecule has 0 aliphatic carbocycles. The van der Waals surface area contributed by atoms with Gasteiger partial charge >= 0.3 is 12.4 Å². The first-order valence-corrected chi connectivity index (χ1v) is 9.37. The van der Waals surface area contributed by atoms with Crippen molar-refractivity contribution in [2.45, 2.75) is 38.9 Å². The van der Waals surface area contributed by atoms with Gasteiger partial charge in [0, 0.05) is 11.9 Å². The molecule has 1 heterocycles. The molecule has 0 amide bonds. The summed E-state index contributed by atoms with van der Waals surface area (Å²) in [5.74, 6) is 0. The molecule has 9 heteroatoms. The molecule has 1 N–H and O–H groups in total. The maximum absolute atomic E-state index is 12.8. The normalized spacial score (nSPS) is 11.6. The van der Waals surface area contributed by atoms with E-state index in [0.29, 0.717) is 17.2 Å². The highest BCUT2D eigenvalue weighted by Crippen LogP contribution is 2.29. The van der Waals surface area contributed by atoms with Crippen LogP contribution in [0.3, 0.4) is 0 Å². The topological polar surface area (TPSA) is 28.7 Å². The molecule has 0 atom stereocenters. The van der Waals surface area contributed by atoms with Crippen LogP contribution in [0.1, 0.15) is 30.7 Å². The van der Waals surface area contributed by atoms with Crippen LogP contribution in [0, 0.1) is 0 Å². The predicted octanol–water partition coefficient (Wildman–Crippen LogP) is 5.33. The third-order valence-electron chi connectivity index (χ3n) is 4.58. The van der Waals surface area contributed by atoms with Crippen LogP contribution in [0.2, 0.25) is 6.32 Å². The van der Waals surface area contributed by atoms with E-state index in [9.17, 15) is 26.3 Å². The van der Waals surface area contributed by atoms with Crippen LogP contribution < -0.4 is 10.9 Å². The summed E-state index contributed by atoms with van der Waals surface area (Å²) in [5.41, 5.74) is 0.282. The molecule has 0 unspecified atom stereocenters. The first-order valence-electron chi connectivity index (χ1n) is 9.37. The van der Waals surface area contributed by atoms with Gasteiger partial charge in [0.05, 0.1) is 17.5 Å². The van der Waals surface area contributed by atoms with Crippen LogP contribution >= 0.6 is 0 Å². The number of H-pyrrole nitrogens is 1. The van der Waals surface area contributed by atoms with Gasteiger partial charge < -0.3 is 4.98 Å². The number of rotatable bonds is 4. The first-order chi connectivity index (χ1) is 14.1. The fourth-order valence-electron chi connectivity index (χ4n) is 3.01. The summed E-state index contributed by atoms with van der Waals surface area (Å²) in [6, 6.07) is 9.43. The van der Waals surface area contributed by atoms with Crippen LogP contribution in [-0.4, -0.2) is 16.7 Å².